The molecule has 4 nitrogen and oxygen atoms in total. The standard InChI is InChI=1S/C15H17NO3S/c17-14(19-11-6-2-1-3-7-11)10-16-12-8-4-5-9-13(12)20-15(16)18/h4-5,8-9,11H,1-3,6-7,10H2. The Morgan fingerprint density at radius 1 is 1.25 bits per heavy atom. The summed E-state index contributed by atoms with van der Waals surface area (Å²) < 4.78 is 7.89. The number of benzene rings is 1. The molecular formula is C15H17NO3S. The highest BCUT2D eigenvalue weighted by molar-refractivity contribution is 7.16. The molecule has 1 aromatic heterocycles. The Balaban J connectivity index is 1.74. The van der Waals surface area contributed by atoms with Crippen LogP contribution in [0.1, 0.15) is 32.1 Å². The van der Waals surface area contributed by atoms with Crippen LogP contribution in [0, 0.1) is 0 Å². The fourth-order valence-corrected chi connectivity index (χ4v) is 3.59. The summed E-state index contributed by atoms with van der Waals surface area (Å²) in [6.07, 6.45) is 5.41. The van der Waals surface area contributed by atoms with Gasteiger partial charge in [-0.05, 0) is 37.8 Å². The molecule has 2 aromatic rings. The van der Waals surface area contributed by atoms with E-state index < -0.39 is 0 Å². The molecule has 0 aliphatic heterocycles. The van der Waals surface area contributed by atoms with Gasteiger partial charge in [-0.25, -0.2) is 0 Å². The van der Waals surface area contributed by atoms with E-state index in [0.29, 0.717) is 0 Å². The van der Waals surface area contributed by atoms with Gasteiger partial charge in [0.2, 0.25) is 0 Å². The van der Waals surface area contributed by atoms with Gasteiger partial charge in [0.25, 0.3) is 0 Å². The number of thiazole rings is 1. The van der Waals surface area contributed by atoms with Crippen molar-refractivity contribution in [2.45, 2.75) is 44.8 Å². The number of hydrogen-bond donors (Lipinski definition) is 0. The van der Waals surface area contributed by atoms with Crippen molar-refractivity contribution in [3.05, 3.63) is 33.9 Å². The molecule has 0 radical (unpaired) electrons. The van der Waals surface area contributed by atoms with Crippen molar-refractivity contribution >= 4 is 27.5 Å². The largest absolute Gasteiger partial charge is 0.461 e. The number of nitrogens with zero attached hydrogens (tertiary/aromatic N) is 1. The summed E-state index contributed by atoms with van der Waals surface area (Å²) in [5.41, 5.74) is 0.808. The third kappa shape index (κ3) is 2.77. The molecule has 106 valence electrons. The molecule has 0 N–H and O–H groups in total. The van der Waals surface area contributed by atoms with Crippen LogP contribution >= 0.6 is 11.3 Å². The number of hydrogen-bond acceptors (Lipinski definition) is 4. The van der Waals surface area contributed by atoms with E-state index in [1.165, 1.54) is 22.3 Å². The van der Waals surface area contributed by atoms with Crippen molar-refractivity contribution in [1.82, 2.24) is 4.57 Å². The van der Waals surface area contributed by atoms with E-state index in [0.717, 1.165) is 35.9 Å². The van der Waals surface area contributed by atoms with Crippen LogP contribution in [0.4, 0.5) is 0 Å². The lowest BCUT2D eigenvalue weighted by Gasteiger charge is -2.21. The molecule has 5 heteroatoms. The molecule has 0 atom stereocenters. The highest BCUT2D eigenvalue weighted by Crippen LogP contribution is 2.21. The highest BCUT2D eigenvalue weighted by Gasteiger charge is 2.19. The predicted octanol–water partition coefficient (Wildman–Crippen LogP) is 2.94. The molecule has 1 aliphatic carbocycles. The van der Waals surface area contributed by atoms with Gasteiger partial charge in [0.15, 0.2) is 0 Å². The van der Waals surface area contributed by atoms with Gasteiger partial charge in [0.05, 0.1) is 10.2 Å². The van der Waals surface area contributed by atoms with Crippen LogP contribution in [0.3, 0.4) is 0 Å². The van der Waals surface area contributed by atoms with E-state index in [4.69, 9.17) is 4.74 Å². The Bertz CT molecular complexity index is 667. The fraction of sp³-hybridized carbons (Fsp3) is 0.467. The van der Waals surface area contributed by atoms with Gasteiger partial charge in [0, 0.05) is 0 Å². The number of carbonyl (C=O) groups is 1. The molecule has 1 heterocycles. The van der Waals surface area contributed by atoms with E-state index in [-0.39, 0.29) is 23.5 Å². The zero-order valence-electron chi connectivity index (χ0n) is 11.2. The molecular weight excluding hydrogens is 274 g/mol. The topological polar surface area (TPSA) is 48.3 Å². The maximum absolute atomic E-state index is 12.0. The zero-order chi connectivity index (χ0) is 13.9. The molecule has 0 amide bonds. The van der Waals surface area contributed by atoms with Crippen molar-refractivity contribution in [3.63, 3.8) is 0 Å². The molecule has 1 aromatic carbocycles. The Morgan fingerprint density at radius 3 is 2.80 bits per heavy atom. The third-order valence-electron chi connectivity index (χ3n) is 3.71. The third-order valence-corrected chi connectivity index (χ3v) is 4.67. The molecule has 1 saturated carbocycles. The van der Waals surface area contributed by atoms with Crippen molar-refractivity contribution in [2.24, 2.45) is 0 Å². The van der Waals surface area contributed by atoms with Gasteiger partial charge in [-0.1, -0.05) is 29.9 Å². The van der Waals surface area contributed by atoms with E-state index in [2.05, 4.69) is 0 Å². The summed E-state index contributed by atoms with van der Waals surface area (Å²) in [7, 11) is 0. The van der Waals surface area contributed by atoms with E-state index in [1.807, 2.05) is 24.3 Å². The quantitative estimate of drug-likeness (QED) is 0.817. The monoisotopic (exact) mass is 291 g/mol. The maximum atomic E-state index is 12.0. The van der Waals surface area contributed by atoms with Gasteiger partial charge in [-0.3, -0.25) is 14.2 Å². The number of esters is 1. The van der Waals surface area contributed by atoms with Crippen molar-refractivity contribution in [3.8, 4) is 0 Å². The van der Waals surface area contributed by atoms with Gasteiger partial charge in [0.1, 0.15) is 12.6 Å². The summed E-state index contributed by atoms with van der Waals surface area (Å²) in [4.78, 5) is 23.8. The maximum Gasteiger partial charge on any atom is 0.326 e. The average molecular weight is 291 g/mol. The number of ether oxygens (including phenoxy) is 1. The van der Waals surface area contributed by atoms with Crippen LogP contribution in [0.5, 0.6) is 0 Å². The highest BCUT2D eigenvalue weighted by atomic mass is 32.1. The van der Waals surface area contributed by atoms with Crippen molar-refractivity contribution in [2.75, 3.05) is 0 Å². The number of rotatable bonds is 3. The molecule has 20 heavy (non-hydrogen) atoms. The van der Waals surface area contributed by atoms with Crippen LogP contribution in [-0.2, 0) is 16.1 Å². The van der Waals surface area contributed by atoms with Gasteiger partial charge < -0.3 is 4.74 Å². The SMILES string of the molecule is O=C(Cn1c(=O)sc2ccccc21)OC1CCCCC1. The second-order valence-electron chi connectivity index (χ2n) is 5.17. The van der Waals surface area contributed by atoms with E-state index in [9.17, 15) is 9.59 Å². The van der Waals surface area contributed by atoms with Crippen LogP contribution < -0.4 is 4.87 Å². The van der Waals surface area contributed by atoms with Gasteiger partial charge >= 0.3 is 10.8 Å². The van der Waals surface area contributed by atoms with E-state index in [1.54, 1.807) is 0 Å². The first-order valence-electron chi connectivity index (χ1n) is 7.02. The lowest BCUT2D eigenvalue weighted by Crippen LogP contribution is -2.26. The van der Waals surface area contributed by atoms with Crippen LogP contribution in [0.2, 0.25) is 0 Å². The second-order valence-corrected chi connectivity index (χ2v) is 6.16. The zero-order valence-corrected chi connectivity index (χ0v) is 12.0. The first-order valence-corrected chi connectivity index (χ1v) is 7.83. The minimum absolute atomic E-state index is 0.0132. The normalized spacial score (nSPS) is 16.4. The molecule has 1 aliphatic rings. The van der Waals surface area contributed by atoms with E-state index >= 15 is 0 Å². The van der Waals surface area contributed by atoms with Crippen molar-refractivity contribution < 1.29 is 9.53 Å². The molecule has 0 spiro atoms. The lowest BCUT2D eigenvalue weighted by molar-refractivity contribution is -0.151. The fourth-order valence-electron chi connectivity index (χ4n) is 2.70. The molecule has 0 bridgehead atoms. The average Bonchev–Trinajstić information content (AvgIpc) is 2.76. The van der Waals surface area contributed by atoms with Crippen LogP contribution in [0.25, 0.3) is 10.2 Å². The van der Waals surface area contributed by atoms with Crippen LogP contribution in [0.15, 0.2) is 29.1 Å². The lowest BCUT2D eigenvalue weighted by atomic mass is 9.98. The van der Waals surface area contributed by atoms with Crippen molar-refractivity contribution in [1.29, 1.82) is 0 Å². The minimum Gasteiger partial charge on any atom is -0.461 e. The smallest absolute Gasteiger partial charge is 0.326 e. The van der Waals surface area contributed by atoms with Gasteiger partial charge in [-0.15, -0.1) is 0 Å². The molecule has 1 fully saturated rings. The summed E-state index contributed by atoms with van der Waals surface area (Å²) in [6, 6.07) is 7.52. The molecule has 3 rings (SSSR count). The molecule has 0 saturated heterocycles. The Hall–Kier alpha value is -1.62. The Morgan fingerprint density at radius 2 is 2.00 bits per heavy atom. The van der Waals surface area contributed by atoms with Gasteiger partial charge in [-0.2, -0.15) is 0 Å². The molecule has 0 unspecified atom stereocenters. The number of fused-ring (bicyclic) bond motifs is 1. The van der Waals surface area contributed by atoms with Crippen LogP contribution in [-0.4, -0.2) is 16.6 Å². The predicted molar refractivity (Wildman–Crippen MR) is 79.1 cm³/mol. The number of para-hydroxylation sites is 1. The summed E-state index contributed by atoms with van der Waals surface area (Å²) in [5.74, 6) is -0.303. The Labute approximate surface area is 121 Å². The number of aromatic nitrogens is 1. The number of carbonyl (C=O) groups excluding carboxylic acids is 1. The summed E-state index contributed by atoms with van der Waals surface area (Å²) >= 11 is 1.17. The summed E-state index contributed by atoms with van der Waals surface area (Å²) in [6.45, 7) is 0.0132. The summed E-state index contributed by atoms with van der Waals surface area (Å²) in [5, 5.41) is 0. The first kappa shape index (κ1) is 13.4. The Kier molecular flexibility index (Phi) is 3.87. The minimum atomic E-state index is -0.303. The second kappa shape index (κ2) is 5.79. The first-order chi connectivity index (χ1) is 9.74.